The van der Waals surface area contributed by atoms with Gasteiger partial charge in [0, 0.05) is 12.3 Å². The van der Waals surface area contributed by atoms with E-state index in [1.54, 1.807) is 6.20 Å². The minimum absolute atomic E-state index is 0.144. The van der Waals surface area contributed by atoms with Gasteiger partial charge in [-0.25, -0.2) is 9.97 Å². The number of halogens is 2. The molecule has 0 aliphatic heterocycles. The van der Waals surface area contributed by atoms with Gasteiger partial charge in [0.15, 0.2) is 5.16 Å². The van der Waals surface area contributed by atoms with Crippen LogP contribution in [0.15, 0.2) is 35.6 Å². The van der Waals surface area contributed by atoms with Crippen molar-refractivity contribution in [2.45, 2.75) is 17.3 Å². The maximum Gasteiger partial charge on any atom is 0.191 e. The monoisotopic (exact) mass is 285 g/mol. The predicted molar refractivity (Wildman–Crippen MR) is 70.6 cm³/mol. The molecule has 0 aliphatic carbocycles. The van der Waals surface area contributed by atoms with Crippen molar-refractivity contribution in [2.75, 3.05) is 0 Å². The van der Waals surface area contributed by atoms with Gasteiger partial charge in [0.2, 0.25) is 0 Å². The van der Waals surface area contributed by atoms with E-state index < -0.39 is 0 Å². The van der Waals surface area contributed by atoms with Crippen LogP contribution in [-0.4, -0.2) is 15.0 Å². The van der Waals surface area contributed by atoms with E-state index in [0.717, 1.165) is 5.69 Å². The second-order valence-electron chi connectivity index (χ2n) is 3.31. The van der Waals surface area contributed by atoms with Crippen LogP contribution in [0.4, 0.5) is 0 Å². The van der Waals surface area contributed by atoms with Crippen molar-refractivity contribution in [1.82, 2.24) is 15.0 Å². The highest BCUT2D eigenvalue weighted by Gasteiger charge is 2.11. The fraction of sp³-hybridized carbons (Fsp3) is 0.182. The fourth-order valence-corrected chi connectivity index (χ4v) is 2.66. The van der Waals surface area contributed by atoms with E-state index in [2.05, 4.69) is 15.0 Å². The van der Waals surface area contributed by atoms with Gasteiger partial charge in [0.25, 0.3) is 0 Å². The minimum atomic E-state index is 0.144. The van der Waals surface area contributed by atoms with Crippen LogP contribution >= 0.6 is 35.0 Å². The summed E-state index contributed by atoms with van der Waals surface area (Å²) in [6, 6.07) is 7.31. The van der Waals surface area contributed by atoms with Gasteiger partial charge >= 0.3 is 0 Å². The zero-order valence-corrected chi connectivity index (χ0v) is 11.3. The third-order valence-corrected chi connectivity index (χ3v) is 3.41. The van der Waals surface area contributed by atoms with Crippen molar-refractivity contribution >= 4 is 35.0 Å². The van der Waals surface area contributed by atoms with Crippen molar-refractivity contribution in [3.8, 4) is 0 Å². The normalized spacial score (nSPS) is 12.4. The Morgan fingerprint density at radius 2 is 1.88 bits per heavy atom. The van der Waals surface area contributed by atoms with Crippen molar-refractivity contribution in [3.05, 3.63) is 46.5 Å². The number of hydrogen-bond acceptors (Lipinski definition) is 4. The van der Waals surface area contributed by atoms with Crippen LogP contribution in [-0.2, 0) is 0 Å². The van der Waals surface area contributed by atoms with E-state index >= 15 is 0 Å². The molecule has 0 aliphatic rings. The van der Waals surface area contributed by atoms with Crippen LogP contribution in [0.2, 0.25) is 10.3 Å². The second kappa shape index (κ2) is 5.67. The number of rotatable bonds is 3. The third-order valence-electron chi connectivity index (χ3n) is 2.03. The molecule has 0 bridgehead atoms. The van der Waals surface area contributed by atoms with Gasteiger partial charge in [-0.1, -0.05) is 41.0 Å². The average Bonchev–Trinajstić information content (AvgIpc) is 2.28. The van der Waals surface area contributed by atoms with Crippen LogP contribution in [0, 0.1) is 0 Å². The summed E-state index contributed by atoms with van der Waals surface area (Å²) in [5, 5.41) is 1.40. The summed E-state index contributed by atoms with van der Waals surface area (Å²) in [5.41, 5.74) is 0.970. The summed E-state index contributed by atoms with van der Waals surface area (Å²) in [6.45, 7) is 2.03. The lowest BCUT2D eigenvalue weighted by Crippen LogP contribution is -1.95. The molecule has 6 heteroatoms. The molecule has 0 N–H and O–H groups in total. The first-order valence-corrected chi connectivity index (χ1v) is 6.56. The largest absolute Gasteiger partial charge is 0.260 e. The van der Waals surface area contributed by atoms with E-state index in [0.29, 0.717) is 15.5 Å². The van der Waals surface area contributed by atoms with Gasteiger partial charge < -0.3 is 0 Å². The van der Waals surface area contributed by atoms with E-state index in [4.69, 9.17) is 23.2 Å². The molecule has 0 radical (unpaired) electrons. The Hall–Kier alpha value is -0.840. The maximum absolute atomic E-state index is 5.82. The van der Waals surface area contributed by atoms with E-state index in [-0.39, 0.29) is 5.25 Å². The smallest absolute Gasteiger partial charge is 0.191 e. The van der Waals surface area contributed by atoms with Crippen LogP contribution in [0.1, 0.15) is 17.9 Å². The maximum atomic E-state index is 5.82. The number of thioether (sulfide) groups is 1. The van der Waals surface area contributed by atoms with E-state index in [1.165, 1.54) is 17.8 Å². The lowest BCUT2D eigenvalue weighted by atomic mass is 10.3. The lowest BCUT2D eigenvalue weighted by molar-refractivity contribution is 0.939. The Balaban J connectivity index is 2.16. The molecule has 3 nitrogen and oxygen atoms in total. The molecule has 1 unspecified atom stereocenters. The molecule has 2 aromatic heterocycles. The molecule has 2 heterocycles. The summed E-state index contributed by atoms with van der Waals surface area (Å²) in [5.74, 6) is 0. The highest BCUT2D eigenvalue weighted by atomic mass is 35.5. The molecule has 0 amide bonds. The molecule has 1 atom stereocenters. The Bertz CT molecular complexity index is 487. The lowest BCUT2D eigenvalue weighted by Gasteiger charge is -2.09. The van der Waals surface area contributed by atoms with E-state index in [1.807, 2.05) is 25.1 Å². The van der Waals surface area contributed by atoms with E-state index in [9.17, 15) is 0 Å². The summed E-state index contributed by atoms with van der Waals surface area (Å²) in [4.78, 5) is 12.5. The Morgan fingerprint density at radius 1 is 1.18 bits per heavy atom. The number of aromatic nitrogens is 3. The minimum Gasteiger partial charge on any atom is -0.260 e. The number of nitrogens with zero attached hydrogens (tertiary/aromatic N) is 3. The molecule has 88 valence electrons. The van der Waals surface area contributed by atoms with Gasteiger partial charge in [-0.05, 0) is 19.1 Å². The Labute approximate surface area is 114 Å². The molecule has 17 heavy (non-hydrogen) atoms. The Morgan fingerprint density at radius 3 is 2.47 bits per heavy atom. The first-order chi connectivity index (χ1) is 8.15. The average molecular weight is 286 g/mol. The predicted octanol–water partition coefficient (Wildman–Crippen LogP) is 4.03. The van der Waals surface area contributed by atoms with Crippen molar-refractivity contribution in [2.24, 2.45) is 0 Å². The molecular formula is C11H9Cl2N3S. The molecule has 2 rings (SSSR count). The van der Waals surface area contributed by atoms with Gasteiger partial charge in [-0.3, -0.25) is 4.98 Å². The standard InChI is InChI=1S/C11H9Cl2N3S/c1-7(8-4-2-3-5-14-8)17-11-15-9(12)6-10(13)16-11/h2-7H,1H3. The zero-order valence-electron chi connectivity index (χ0n) is 8.97. The SMILES string of the molecule is CC(Sc1nc(Cl)cc(Cl)n1)c1ccccn1. The number of hydrogen-bond donors (Lipinski definition) is 0. The summed E-state index contributed by atoms with van der Waals surface area (Å²) >= 11 is 13.1. The molecule has 0 fully saturated rings. The van der Waals surface area contributed by atoms with Crippen LogP contribution in [0.5, 0.6) is 0 Å². The van der Waals surface area contributed by atoms with Crippen LogP contribution in [0.3, 0.4) is 0 Å². The zero-order chi connectivity index (χ0) is 12.3. The molecule has 0 saturated heterocycles. The first-order valence-electron chi connectivity index (χ1n) is 4.93. The Kier molecular flexibility index (Phi) is 4.20. The summed E-state index contributed by atoms with van der Waals surface area (Å²) in [6.07, 6.45) is 1.76. The second-order valence-corrected chi connectivity index (χ2v) is 5.39. The van der Waals surface area contributed by atoms with Gasteiger partial charge in [0.1, 0.15) is 10.3 Å². The molecule has 0 saturated carbocycles. The van der Waals surface area contributed by atoms with Crippen molar-refractivity contribution in [1.29, 1.82) is 0 Å². The summed E-state index contributed by atoms with van der Waals surface area (Å²) < 4.78 is 0. The molecule has 0 aromatic carbocycles. The van der Waals surface area contributed by atoms with Gasteiger partial charge in [0.05, 0.1) is 10.9 Å². The van der Waals surface area contributed by atoms with Crippen molar-refractivity contribution in [3.63, 3.8) is 0 Å². The highest BCUT2D eigenvalue weighted by Crippen LogP contribution is 2.32. The van der Waals surface area contributed by atoms with Crippen molar-refractivity contribution < 1.29 is 0 Å². The van der Waals surface area contributed by atoms with Gasteiger partial charge in [-0.15, -0.1) is 0 Å². The molecule has 2 aromatic rings. The van der Waals surface area contributed by atoms with Crippen LogP contribution < -0.4 is 0 Å². The topological polar surface area (TPSA) is 38.7 Å². The number of pyridine rings is 1. The van der Waals surface area contributed by atoms with Crippen LogP contribution in [0.25, 0.3) is 0 Å². The first kappa shape index (κ1) is 12.6. The summed E-state index contributed by atoms with van der Waals surface area (Å²) in [7, 11) is 0. The van der Waals surface area contributed by atoms with Gasteiger partial charge in [-0.2, -0.15) is 0 Å². The molecular weight excluding hydrogens is 277 g/mol. The highest BCUT2D eigenvalue weighted by molar-refractivity contribution is 7.99. The fourth-order valence-electron chi connectivity index (χ4n) is 1.26. The molecule has 0 spiro atoms. The quantitative estimate of drug-likeness (QED) is 0.485. The third kappa shape index (κ3) is 3.56.